The monoisotopic (exact) mass is 615 g/mol. The smallest absolute Gasteiger partial charge is 0.308 e. The van der Waals surface area contributed by atoms with Crippen LogP contribution in [0.5, 0.6) is 0 Å². The highest BCUT2D eigenvalue weighted by molar-refractivity contribution is 8.00. The van der Waals surface area contributed by atoms with E-state index in [9.17, 15) is 23.6 Å². The summed E-state index contributed by atoms with van der Waals surface area (Å²) < 4.78 is 15.1. The van der Waals surface area contributed by atoms with Gasteiger partial charge in [-0.1, -0.05) is 86.3 Å². The lowest BCUT2D eigenvalue weighted by atomic mass is 9.81. The fourth-order valence-corrected chi connectivity index (χ4v) is 8.47. The lowest BCUT2D eigenvalue weighted by Crippen LogP contribution is -2.33. The average molecular weight is 616 g/mol. The van der Waals surface area contributed by atoms with Crippen molar-refractivity contribution in [3.63, 3.8) is 0 Å². The quantitative estimate of drug-likeness (QED) is 0.275. The van der Waals surface area contributed by atoms with E-state index in [-0.39, 0.29) is 22.7 Å². The van der Waals surface area contributed by atoms with Crippen LogP contribution in [0.1, 0.15) is 48.3 Å². The van der Waals surface area contributed by atoms with E-state index in [1.54, 1.807) is 6.07 Å². The number of amides is 3. The third kappa shape index (κ3) is 5.23. The summed E-state index contributed by atoms with van der Waals surface area (Å²) in [5.41, 5.74) is 3.67. The maximum Gasteiger partial charge on any atom is 0.308 e. The largest absolute Gasteiger partial charge is 0.324 e. The van der Waals surface area contributed by atoms with Gasteiger partial charge < -0.3 is 5.32 Å². The van der Waals surface area contributed by atoms with Crippen LogP contribution in [0.2, 0.25) is 0 Å². The minimum absolute atomic E-state index is 0.0915. The molecule has 0 spiro atoms. The molecule has 0 radical (unpaired) electrons. The molecule has 0 aliphatic carbocycles. The van der Waals surface area contributed by atoms with Crippen molar-refractivity contribution in [1.29, 1.82) is 0 Å². The normalized spacial score (nSPS) is 19.7. The van der Waals surface area contributed by atoms with Gasteiger partial charge in [-0.25, -0.2) is 9.29 Å². The molecule has 3 aromatic carbocycles. The van der Waals surface area contributed by atoms with Gasteiger partial charge in [-0.2, -0.15) is 0 Å². The number of imide groups is 1. The van der Waals surface area contributed by atoms with Crippen LogP contribution < -0.4 is 15.1 Å². The Balaban J connectivity index is 1.42. The van der Waals surface area contributed by atoms with Crippen LogP contribution >= 0.6 is 23.1 Å². The van der Waals surface area contributed by atoms with E-state index in [0.29, 0.717) is 21.3 Å². The van der Waals surface area contributed by atoms with E-state index < -0.39 is 34.7 Å². The molecule has 2 aliphatic heterocycles. The Morgan fingerprint density at radius 1 is 0.930 bits per heavy atom. The molecule has 1 N–H and O–H groups in total. The molecule has 10 heteroatoms. The van der Waals surface area contributed by atoms with Crippen molar-refractivity contribution >= 4 is 52.2 Å². The van der Waals surface area contributed by atoms with Gasteiger partial charge in [0.1, 0.15) is 17.6 Å². The Labute approximate surface area is 256 Å². The van der Waals surface area contributed by atoms with Gasteiger partial charge in [0.05, 0.1) is 16.6 Å². The Bertz CT molecular complexity index is 1810. The number of halogens is 1. The van der Waals surface area contributed by atoms with E-state index in [1.807, 2.05) is 49.4 Å². The number of fused-ring (bicyclic) bond motifs is 2. The van der Waals surface area contributed by atoms with Gasteiger partial charge in [0.25, 0.3) is 0 Å². The van der Waals surface area contributed by atoms with E-state index in [2.05, 4.69) is 26.1 Å². The van der Waals surface area contributed by atoms with E-state index in [1.165, 1.54) is 28.8 Å². The summed E-state index contributed by atoms with van der Waals surface area (Å²) in [5.74, 6) is -3.01. The van der Waals surface area contributed by atoms with Crippen molar-refractivity contribution in [2.45, 2.75) is 55.8 Å². The van der Waals surface area contributed by atoms with Gasteiger partial charge in [0, 0.05) is 16.5 Å². The lowest BCUT2D eigenvalue weighted by Gasteiger charge is -2.31. The molecule has 3 heterocycles. The summed E-state index contributed by atoms with van der Waals surface area (Å²) in [6.07, 6.45) is 0. The van der Waals surface area contributed by atoms with Crippen molar-refractivity contribution in [1.82, 2.24) is 4.57 Å². The van der Waals surface area contributed by atoms with Gasteiger partial charge >= 0.3 is 4.87 Å². The van der Waals surface area contributed by atoms with Crippen LogP contribution in [0.25, 0.3) is 0 Å². The summed E-state index contributed by atoms with van der Waals surface area (Å²) in [5, 5.41) is 2.57. The zero-order valence-electron chi connectivity index (χ0n) is 24.1. The molecule has 220 valence electrons. The van der Waals surface area contributed by atoms with Crippen LogP contribution in [-0.4, -0.2) is 27.5 Å². The number of hydrogen-bond acceptors (Lipinski definition) is 6. The summed E-state index contributed by atoms with van der Waals surface area (Å²) in [4.78, 5) is 55.8. The number of hydrogen-bond donors (Lipinski definition) is 1. The van der Waals surface area contributed by atoms with Gasteiger partial charge in [-0.05, 0) is 59.4 Å². The van der Waals surface area contributed by atoms with Crippen molar-refractivity contribution < 1.29 is 18.8 Å². The molecule has 3 amide bonds. The van der Waals surface area contributed by atoms with Crippen LogP contribution in [0, 0.1) is 18.7 Å². The lowest BCUT2D eigenvalue weighted by molar-refractivity contribution is -0.122. The zero-order valence-corrected chi connectivity index (χ0v) is 25.7. The fourth-order valence-electron chi connectivity index (χ4n) is 5.70. The molecule has 0 saturated carbocycles. The number of carbonyl (C=O) groups excluding carboxylic acids is 3. The Morgan fingerprint density at radius 2 is 1.60 bits per heavy atom. The SMILES string of the molecule is Cc1ccccc1NC(=O)Cn1c2c(sc1=O)[C@H](c1ccc(C(C)(C)C)cc1)C1C(=O)N(c3ccc(F)cc3)C(=O)C1S2. The molecular formula is C33H30FN3O4S2. The van der Waals surface area contributed by atoms with Crippen molar-refractivity contribution in [2.75, 3.05) is 10.2 Å². The van der Waals surface area contributed by atoms with Crippen LogP contribution in [0.3, 0.4) is 0 Å². The highest BCUT2D eigenvalue weighted by atomic mass is 32.2. The first-order valence-electron chi connectivity index (χ1n) is 13.9. The fraction of sp³-hybridized carbons (Fsp3) is 0.273. The highest BCUT2D eigenvalue weighted by Crippen LogP contribution is 2.54. The number of anilines is 2. The predicted octanol–water partition coefficient (Wildman–Crippen LogP) is 6.09. The van der Waals surface area contributed by atoms with E-state index >= 15 is 0 Å². The maximum absolute atomic E-state index is 14.0. The van der Waals surface area contributed by atoms with Gasteiger partial charge in [-0.15, -0.1) is 0 Å². The van der Waals surface area contributed by atoms with Crippen LogP contribution in [0.4, 0.5) is 15.8 Å². The minimum Gasteiger partial charge on any atom is -0.324 e. The standard InChI is InChI=1S/C33H30FN3O4S2/c1-18-7-5-6-8-23(18)35-24(38)17-36-31-28(43-32(36)41)25(19-9-11-20(12-10-19)33(2,3)4)26-27(42-31)30(40)37(29(26)39)22-15-13-21(34)14-16-22/h5-16,25-27H,17H2,1-4H3,(H,35,38)/t25-,26?,27?/m1/s1. The Hall–Kier alpha value is -4.02. The molecule has 43 heavy (non-hydrogen) atoms. The second-order valence-electron chi connectivity index (χ2n) is 11.9. The second-order valence-corrected chi connectivity index (χ2v) is 14.0. The highest BCUT2D eigenvalue weighted by Gasteiger charge is 2.56. The number of nitrogens with zero attached hydrogens (tertiary/aromatic N) is 2. The number of aryl methyl sites for hydroxylation is 1. The number of nitrogens with one attached hydrogen (secondary N) is 1. The Kier molecular flexibility index (Phi) is 7.38. The topological polar surface area (TPSA) is 88.5 Å². The minimum atomic E-state index is -0.822. The average Bonchev–Trinajstić information content (AvgIpc) is 3.40. The molecule has 1 aromatic heterocycles. The van der Waals surface area contributed by atoms with Crippen LogP contribution in [0.15, 0.2) is 82.6 Å². The predicted molar refractivity (Wildman–Crippen MR) is 167 cm³/mol. The first kappa shape index (κ1) is 29.1. The summed E-state index contributed by atoms with van der Waals surface area (Å²) in [6, 6.07) is 20.6. The van der Waals surface area contributed by atoms with Crippen molar-refractivity contribution in [3.05, 3.63) is 110 Å². The van der Waals surface area contributed by atoms with Gasteiger partial charge in [0.2, 0.25) is 17.7 Å². The molecule has 1 fully saturated rings. The first-order valence-corrected chi connectivity index (χ1v) is 15.6. The first-order chi connectivity index (χ1) is 20.4. The summed E-state index contributed by atoms with van der Waals surface area (Å²) in [6.45, 7) is 7.99. The van der Waals surface area contributed by atoms with Gasteiger partial charge in [-0.3, -0.25) is 23.7 Å². The molecule has 2 unspecified atom stereocenters. The number of benzene rings is 3. The van der Waals surface area contributed by atoms with Crippen molar-refractivity contribution in [3.8, 4) is 0 Å². The molecule has 4 aromatic rings. The van der Waals surface area contributed by atoms with E-state index in [0.717, 1.165) is 44.7 Å². The van der Waals surface area contributed by atoms with Gasteiger partial charge in [0.15, 0.2) is 0 Å². The molecule has 6 rings (SSSR count). The third-order valence-corrected chi connectivity index (χ3v) is 10.6. The number of carbonyl (C=O) groups is 3. The molecule has 3 atom stereocenters. The molecule has 7 nitrogen and oxygen atoms in total. The molecule has 2 aliphatic rings. The van der Waals surface area contributed by atoms with Crippen molar-refractivity contribution in [2.24, 2.45) is 5.92 Å². The molecule has 1 saturated heterocycles. The molecule has 0 bridgehead atoms. The third-order valence-electron chi connectivity index (χ3n) is 7.99. The van der Waals surface area contributed by atoms with Crippen LogP contribution in [-0.2, 0) is 26.3 Å². The summed E-state index contributed by atoms with van der Waals surface area (Å²) in [7, 11) is 0. The summed E-state index contributed by atoms with van der Waals surface area (Å²) >= 11 is 2.16. The number of thioether (sulfide) groups is 1. The Morgan fingerprint density at radius 3 is 2.26 bits per heavy atom. The number of thiazole rings is 1. The maximum atomic E-state index is 14.0. The van der Waals surface area contributed by atoms with E-state index in [4.69, 9.17) is 0 Å². The zero-order chi connectivity index (χ0) is 30.6. The number of para-hydroxylation sites is 1. The second kappa shape index (κ2) is 10.9. The molecular weight excluding hydrogens is 586 g/mol. The number of rotatable bonds is 5. The number of aromatic nitrogens is 1.